The lowest BCUT2D eigenvalue weighted by molar-refractivity contribution is -0.121. The van der Waals surface area contributed by atoms with Crippen molar-refractivity contribution in [2.75, 3.05) is 12.3 Å². The molecule has 3 nitrogen and oxygen atoms in total. The predicted octanol–water partition coefficient (Wildman–Crippen LogP) is 3.14. The van der Waals surface area contributed by atoms with E-state index in [4.69, 9.17) is 5.73 Å². The van der Waals surface area contributed by atoms with Gasteiger partial charge in [0.05, 0.1) is 0 Å². The molecular weight excluding hydrogens is 248 g/mol. The molecule has 0 aromatic heterocycles. The van der Waals surface area contributed by atoms with Crippen LogP contribution in [-0.4, -0.2) is 12.5 Å². The Morgan fingerprint density at radius 1 is 1.35 bits per heavy atom. The molecule has 110 valence electrons. The summed E-state index contributed by atoms with van der Waals surface area (Å²) in [6, 6.07) is 7.76. The van der Waals surface area contributed by atoms with E-state index in [1.54, 1.807) is 0 Å². The van der Waals surface area contributed by atoms with Crippen LogP contribution in [0.1, 0.15) is 45.1 Å². The lowest BCUT2D eigenvalue weighted by Crippen LogP contribution is -2.31. The van der Waals surface area contributed by atoms with Crippen LogP contribution in [0.4, 0.5) is 5.69 Å². The lowest BCUT2D eigenvalue weighted by Gasteiger charge is -2.18. The molecule has 0 bridgehead atoms. The largest absolute Gasteiger partial charge is 0.399 e. The van der Waals surface area contributed by atoms with Gasteiger partial charge in [-0.3, -0.25) is 4.79 Å². The van der Waals surface area contributed by atoms with E-state index in [-0.39, 0.29) is 5.91 Å². The van der Waals surface area contributed by atoms with Gasteiger partial charge in [0, 0.05) is 18.7 Å². The van der Waals surface area contributed by atoms with Gasteiger partial charge in [0.15, 0.2) is 0 Å². The van der Waals surface area contributed by atoms with Crippen molar-refractivity contribution in [3.8, 4) is 0 Å². The number of hydrogen-bond donors (Lipinski definition) is 2. The number of aryl methyl sites for hydroxylation is 1. The molecule has 1 fully saturated rings. The summed E-state index contributed by atoms with van der Waals surface area (Å²) in [5.74, 6) is 0.849. The van der Waals surface area contributed by atoms with E-state index in [2.05, 4.69) is 19.2 Å². The Kier molecular flexibility index (Phi) is 4.69. The summed E-state index contributed by atoms with van der Waals surface area (Å²) in [6.07, 6.45) is 4.98. The summed E-state index contributed by atoms with van der Waals surface area (Å²) in [7, 11) is 0. The number of anilines is 1. The summed E-state index contributed by atoms with van der Waals surface area (Å²) >= 11 is 0. The van der Waals surface area contributed by atoms with E-state index >= 15 is 0 Å². The molecule has 20 heavy (non-hydrogen) atoms. The molecule has 0 radical (unpaired) electrons. The van der Waals surface area contributed by atoms with Gasteiger partial charge in [0.2, 0.25) is 5.91 Å². The zero-order valence-corrected chi connectivity index (χ0v) is 12.6. The lowest BCUT2D eigenvalue weighted by atomic mass is 9.94. The summed E-state index contributed by atoms with van der Waals surface area (Å²) < 4.78 is 0. The molecule has 0 saturated heterocycles. The molecule has 0 unspecified atom stereocenters. The van der Waals surface area contributed by atoms with Crippen LogP contribution in [0.15, 0.2) is 24.3 Å². The average molecular weight is 274 g/mol. The van der Waals surface area contributed by atoms with Gasteiger partial charge in [-0.1, -0.05) is 32.0 Å². The highest BCUT2D eigenvalue weighted by atomic mass is 16.1. The number of benzene rings is 1. The zero-order chi connectivity index (χ0) is 14.6. The van der Waals surface area contributed by atoms with Crippen LogP contribution in [0.25, 0.3) is 0 Å². The van der Waals surface area contributed by atoms with Gasteiger partial charge in [-0.25, -0.2) is 0 Å². The number of carbonyl (C=O) groups is 1. The number of nitrogen functional groups attached to an aromatic ring is 1. The van der Waals surface area contributed by atoms with Gasteiger partial charge >= 0.3 is 0 Å². The molecule has 1 aromatic carbocycles. The van der Waals surface area contributed by atoms with Crippen molar-refractivity contribution in [3.63, 3.8) is 0 Å². The number of amides is 1. The quantitative estimate of drug-likeness (QED) is 0.750. The van der Waals surface area contributed by atoms with E-state index < -0.39 is 0 Å². The van der Waals surface area contributed by atoms with Crippen molar-refractivity contribution in [1.82, 2.24) is 5.32 Å². The van der Waals surface area contributed by atoms with Crippen LogP contribution < -0.4 is 11.1 Å². The smallest absolute Gasteiger partial charge is 0.220 e. The first-order valence-corrected chi connectivity index (χ1v) is 7.61. The van der Waals surface area contributed by atoms with Gasteiger partial charge in [-0.15, -0.1) is 0 Å². The van der Waals surface area contributed by atoms with Gasteiger partial charge in [-0.2, -0.15) is 0 Å². The minimum Gasteiger partial charge on any atom is -0.399 e. The van der Waals surface area contributed by atoms with Gasteiger partial charge in [0.1, 0.15) is 0 Å². The standard InChI is InChI=1S/C17H26N2O/c1-13(2)11-17(9-10-17)12-19-16(20)8-7-14-5-3-4-6-15(14)18/h3-6,13H,7-12,18H2,1-2H3,(H,19,20). The molecule has 0 aliphatic heterocycles. The first kappa shape index (κ1) is 14.9. The Labute approximate surface area is 121 Å². The molecule has 2 rings (SSSR count). The number of nitrogens with one attached hydrogen (secondary N) is 1. The van der Waals surface area contributed by atoms with E-state index in [9.17, 15) is 4.79 Å². The molecule has 3 N–H and O–H groups in total. The first-order valence-electron chi connectivity index (χ1n) is 7.61. The summed E-state index contributed by atoms with van der Waals surface area (Å²) in [6.45, 7) is 5.34. The minimum absolute atomic E-state index is 0.142. The fraction of sp³-hybridized carbons (Fsp3) is 0.588. The Morgan fingerprint density at radius 2 is 2.05 bits per heavy atom. The third kappa shape index (κ3) is 4.26. The van der Waals surface area contributed by atoms with Crippen LogP contribution >= 0.6 is 0 Å². The molecule has 0 heterocycles. The molecule has 1 saturated carbocycles. The van der Waals surface area contributed by atoms with Crippen molar-refractivity contribution in [2.45, 2.75) is 46.0 Å². The summed E-state index contributed by atoms with van der Waals surface area (Å²) in [5.41, 5.74) is 8.12. The fourth-order valence-corrected chi connectivity index (χ4v) is 2.88. The van der Waals surface area contributed by atoms with Crippen LogP contribution in [0.2, 0.25) is 0 Å². The van der Waals surface area contributed by atoms with Crippen molar-refractivity contribution in [2.24, 2.45) is 11.3 Å². The molecule has 1 aliphatic rings. The maximum atomic E-state index is 11.9. The third-order valence-electron chi connectivity index (χ3n) is 4.14. The van der Waals surface area contributed by atoms with E-state index in [1.807, 2.05) is 24.3 Å². The Morgan fingerprint density at radius 3 is 2.65 bits per heavy atom. The fourth-order valence-electron chi connectivity index (χ4n) is 2.88. The topological polar surface area (TPSA) is 55.1 Å². The molecule has 1 amide bonds. The first-order chi connectivity index (χ1) is 9.51. The number of hydrogen-bond acceptors (Lipinski definition) is 2. The van der Waals surface area contributed by atoms with Crippen LogP contribution in [0.3, 0.4) is 0 Å². The Bertz CT molecular complexity index is 464. The SMILES string of the molecule is CC(C)CC1(CNC(=O)CCc2ccccc2N)CC1. The second kappa shape index (κ2) is 6.29. The molecule has 1 aromatic rings. The van der Waals surface area contributed by atoms with E-state index in [1.165, 1.54) is 19.3 Å². The van der Waals surface area contributed by atoms with Crippen molar-refractivity contribution >= 4 is 11.6 Å². The van der Waals surface area contributed by atoms with Crippen LogP contribution in [0, 0.1) is 11.3 Å². The Balaban J connectivity index is 1.72. The second-order valence-electron chi connectivity index (χ2n) is 6.57. The highest BCUT2D eigenvalue weighted by Gasteiger charge is 2.42. The van der Waals surface area contributed by atoms with Gasteiger partial charge < -0.3 is 11.1 Å². The van der Waals surface area contributed by atoms with Crippen LogP contribution in [-0.2, 0) is 11.2 Å². The van der Waals surface area contributed by atoms with Crippen LogP contribution in [0.5, 0.6) is 0 Å². The van der Waals surface area contributed by atoms with Gasteiger partial charge in [0.25, 0.3) is 0 Å². The number of rotatable bonds is 7. The van der Waals surface area contributed by atoms with Crippen molar-refractivity contribution < 1.29 is 4.79 Å². The monoisotopic (exact) mass is 274 g/mol. The average Bonchev–Trinajstić information content (AvgIpc) is 3.15. The minimum atomic E-state index is 0.142. The van der Waals surface area contributed by atoms with E-state index in [0.29, 0.717) is 17.8 Å². The number of nitrogens with two attached hydrogens (primary N) is 1. The number of carbonyl (C=O) groups excluding carboxylic acids is 1. The third-order valence-corrected chi connectivity index (χ3v) is 4.14. The molecule has 1 aliphatic carbocycles. The summed E-state index contributed by atoms with van der Waals surface area (Å²) in [5, 5.41) is 3.10. The van der Waals surface area contributed by atoms with E-state index in [0.717, 1.165) is 24.2 Å². The highest BCUT2D eigenvalue weighted by Crippen LogP contribution is 2.49. The zero-order valence-electron chi connectivity index (χ0n) is 12.6. The molecule has 0 spiro atoms. The highest BCUT2D eigenvalue weighted by molar-refractivity contribution is 5.76. The molecule has 3 heteroatoms. The maximum absolute atomic E-state index is 11.9. The van der Waals surface area contributed by atoms with Crippen molar-refractivity contribution in [3.05, 3.63) is 29.8 Å². The molecule has 0 atom stereocenters. The molecular formula is C17H26N2O. The second-order valence-corrected chi connectivity index (χ2v) is 6.57. The normalized spacial score (nSPS) is 16.1. The summed E-state index contributed by atoms with van der Waals surface area (Å²) in [4.78, 5) is 11.9. The maximum Gasteiger partial charge on any atom is 0.220 e. The van der Waals surface area contributed by atoms with Crippen molar-refractivity contribution in [1.29, 1.82) is 0 Å². The van der Waals surface area contributed by atoms with Gasteiger partial charge in [-0.05, 0) is 48.6 Å². The Hall–Kier alpha value is -1.51. The number of para-hydroxylation sites is 1. The predicted molar refractivity (Wildman–Crippen MR) is 83.3 cm³/mol.